The SMILES string of the molecule is COc1ccc(CNc2nc3c(c(=O)n2C)CN(C(=O)Nc2cccc(C#N)c2)CC3)cc1. The molecule has 0 unspecified atom stereocenters. The topological polar surface area (TPSA) is 112 Å². The molecule has 1 aliphatic rings. The number of urea groups is 1. The first-order chi connectivity index (χ1) is 16.0. The van der Waals surface area contributed by atoms with Crippen LogP contribution < -0.4 is 20.9 Å². The van der Waals surface area contributed by atoms with E-state index in [1.165, 1.54) is 4.57 Å². The van der Waals surface area contributed by atoms with Crippen molar-refractivity contribution in [1.29, 1.82) is 5.26 Å². The highest BCUT2D eigenvalue weighted by atomic mass is 16.5. The van der Waals surface area contributed by atoms with E-state index in [9.17, 15) is 9.59 Å². The van der Waals surface area contributed by atoms with E-state index in [1.54, 1.807) is 43.3 Å². The second kappa shape index (κ2) is 9.44. The van der Waals surface area contributed by atoms with E-state index < -0.39 is 0 Å². The summed E-state index contributed by atoms with van der Waals surface area (Å²) in [6.07, 6.45) is 0.480. The van der Waals surface area contributed by atoms with E-state index in [4.69, 9.17) is 10.00 Å². The van der Waals surface area contributed by atoms with Gasteiger partial charge in [0.05, 0.1) is 36.5 Å². The van der Waals surface area contributed by atoms with Crippen LogP contribution in [0, 0.1) is 11.3 Å². The van der Waals surface area contributed by atoms with Crippen molar-refractivity contribution in [3.8, 4) is 11.8 Å². The Kier molecular flexibility index (Phi) is 6.26. The van der Waals surface area contributed by atoms with Crippen molar-refractivity contribution in [3.63, 3.8) is 0 Å². The molecule has 1 aromatic heterocycles. The van der Waals surface area contributed by atoms with Crippen LogP contribution in [0.15, 0.2) is 53.3 Å². The van der Waals surface area contributed by atoms with Gasteiger partial charge in [-0.25, -0.2) is 9.78 Å². The van der Waals surface area contributed by atoms with Crippen molar-refractivity contribution < 1.29 is 9.53 Å². The predicted molar refractivity (Wildman–Crippen MR) is 124 cm³/mol. The summed E-state index contributed by atoms with van der Waals surface area (Å²) in [5.41, 5.74) is 3.07. The zero-order valence-corrected chi connectivity index (χ0v) is 18.5. The van der Waals surface area contributed by atoms with Gasteiger partial charge in [-0.3, -0.25) is 9.36 Å². The number of methoxy groups -OCH3 is 1. The van der Waals surface area contributed by atoms with E-state index in [-0.39, 0.29) is 18.1 Å². The van der Waals surface area contributed by atoms with Gasteiger partial charge in [-0.1, -0.05) is 18.2 Å². The van der Waals surface area contributed by atoms with Crippen LogP contribution in [0.25, 0.3) is 0 Å². The quantitative estimate of drug-likeness (QED) is 0.626. The minimum Gasteiger partial charge on any atom is -0.497 e. The van der Waals surface area contributed by atoms with Crippen molar-refractivity contribution >= 4 is 17.7 Å². The number of carbonyl (C=O) groups excluding carboxylic acids is 1. The molecule has 9 nitrogen and oxygen atoms in total. The molecule has 2 amide bonds. The number of aromatic nitrogens is 2. The average molecular weight is 444 g/mol. The summed E-state index contributed by atoms with van der Waals surface area (Å²) in [7, 11) is 3.29. The molecule has 1 aliphatic heterocycles. The average Bonchev–Trinajstić information content (AvgIpc) is 2.85. The smallest absolute Gasteiger partial charge is 0.322 e. The van der Waals surface area contributed by atoms with Crippen molar-refractivity contribution in [2.45, 2.75) is 19.5 Å². The minimum absolute atomic E-state index is 0.178. The van der Waals surface area contributed by atoms with Crippen LogP contribution in [0.5, 0.6) is 5.75 Å². The number of fused-ring (bicyclic) bond motifs is 1. The summed E-state index contributed by atoms with van der Waals surface area (Å²) in [5, 5.41) is 15.1. The molecule has 0 saturated carbocycles. The van der Waals surface area contributed by atoms with Gasteiger partial charge in [-0.2, -0.15) is 5.26 Å². The highest BCUT2D eigenvalue weighted by Crippen LogP contribution is 2.19. The number of ether oxygens (including phenoxy) is 1. The third-order valence-corrected chi connectivity index (χ3v) is 5.58. The maximum absolute atomic E-state index is 13.0. The highest BCUT2D eigenvalue weighted by molar-refractivity contribution is 5.89. The van der Waals surface area contributed by atoms with Gasteiger partial charge in [0.25, 0.3) is 5.56 Å². The molecule has 168 valence electrons. The highest BCUT2D eigenvalue weighted by Gasteiger charge is 2.25. The van der Waals surface area contributed by atoms with Crippen molar-refractivity contribution in [2.75, 3.05) is 24.3 Å². The Morgan fingerprint density at radius 3 is 2.76 bits per heavy atom. The van der Waals surface area contributed by atoms with Gasteiger partial charge in [-0.15, -0.1) is 0 Å². The number of anilines is 2. The number of hydrogen-bond acceptors (Lipinski definition) is 6. The molecule has 0 fully saturated rings. The Morgan fingerprint density at radius 2 is 2.03 bits per heavy atom. The lowest BCUT2D eigenvalue weighted by Gasteiger charge is -2.28. The first-order valence-corrected chi connectivity index (χ1v) is 10.5. The van der Waals surface area contributed by atoms with E-state index >= 15 is 0 Å². The number of amides is 2. The predicted octanol–water partition coefficient (Wildman–Crippen LogP) is 2.86. The number of rotatable bonds is 5. The zero-order chi connectivity index (χ0) is 23.4. The fourth-order valence-corrected chi connectivity index (χ4v) is 3.69. The number of nitrogens with zero attached hydrogens (tertiary/aromatic N) is 4. The van der Waals surface area contributed by atoms with E-state index in [0.29, 0.717) is 48.0 Å². The van der Waals surface area contributed by atoms with Gasteiger partial charge in [0.2, 0.25) is 5.95 Å². The standard InChI is InChI=1S/C24H24N6O3/c1-29-22(31)20-15-30(24(32)27-18-5-3-4-17(12-18)13-25)11-10-21(20)28-23(29)26-14-16-6-8-19(33-2)9-7-16/h3-9,12H,10-11,14-15H2,1-2H3,(H,26,28)(H,27,32). The third kappa shape index (κ3) is 4.80. The molecule has 0 atom stereocenters. The summed E-state index contributed by atoms with van der Waals surface area (Å²) in [5.74, 6) is 1.27. The van der Waals surface area contributed by atoms with Gasteiger partial charge in [-0.05, 0) is 35.9 Å². The van der Waals surface area contributed by atoms with Crippen molar-refractivity contribution in [3.05, 3.63) is 81.3 Å². The van der Waals surface area contributed by atoms with Crippen LogP contribution in [0.3, 0.4) is 0 Å². The number of nitrogens with one attached hydrogen (secondary N) is 2. The van der Waals surface area contributed by atoms with Crippen LogP contribution in [-0.4, -0.2) is 34.1 Å². The normalized spacial score (nSPS) is 12.5. The molecule has 9 heteroatoms. The lowest BCUT2D eigenvalue weighted by Crippen LogP contribution is -2.43. The molecule has 0 bridgehead atoms. The maximum atomic E-state index is 13.0. The maximum Gasteiger partial charge on any atom is 0.322 e. The fraction of sp³-hybridized carbons (Fsp3) is 0.250. The summed E-state index contributed by atoms with van der Waals surface area (Å²) < 4.78 is 6.65. The molecule has 2 aromatic carbocycles. The number of benzene rings is 2. The number of carbonyl (C=O) groups is 1. The van der Waals surface area contributed by atoms with E-state index in [0.717, 1.165) is 11.3 Å². The monoisotopic (exact) mass is 444 g/mol. The second-order valence-corrected chi connectivity index (χ2v) is 7.72. The number of hydrogen-bond donors (Lipinski definition) is 2. The largest absolute Gasteiger partial charge is 0.497 e. The molecule has 0 spiro atoms. The molecule has 0 aliphatic carbocycles. The summed E-state index contributed by atoms with van der Waals surface area (Å²) >= 11 is 0. The lowest BCUT2D eigenvalue weighted by atomic mass is 10.1. The molecule has 2 N–H and O–H groups in total. The van der Waals surface area contributed by atoms with Crippen LogP contribution in [0.4, 0.5) is 16.4 Å². The Labute approximate surface area is 191 Å². The van der Waals surface area contributed by atoms with Gasteiger partial charge in [0.15, 0.2) is 0 Å². The second-order valence-electron chi connectivity index (χ2n) is 7.72. The molecule has 33 heavy (non-hydrogen) atoms. The lowest BCUT2D eigenvalue weighted by molar-refractivity contribution is 0.205. The van der Waals surface area contributed by atoms with Crippen LogP contribution >= 0.6 is 0 Å². The summed E-state index contributed by atoms with van der Waals surface area (Å²) in [6.45, 7) is 1.13. The van der Waals surface area contributed by atoms with Crippen LogP contribution in [-0.2, 0) is 26.6 Å². The van der Waals surface area contributed by atoms with Gasteiger partial charge in [0, 0.05) is 32.2 Å². The Bertz CT molecular complexity index is 1280. The molecular weight excluding hydrogens is 420 g/mol. The molecule has 2 heterocycles. The summed E-state index contributed by atoms with van der Waals surface area (Å²) in [6, 6.07) is 16.1. The zero-order valence-electron chi connectivity index (χ0n) is 18.5. The molecule has 3 aromatic rings. The third-order valence-electron chi connectivity index (χ3n) is 5.58. The fourth-order valence-electron chi connectivity index (χ4n) is 3.69. The van der Waals surface area contributed by atoms with Crippen molar-refractivity contribution in [1.82, 2.24) is 14.5 Å². The molecule has 4 rings (SSSR count). The molecule has 0 saturated heterocycles. The first-order valence-electron chi connectivity index (χ1n) is 10.5. The minimum atomic E-state index is -0.320. The van der Waals surface area contributed by atoms with E-state index in [1.807, 2.05) is 30.3 Å². The Hall–Kier alpha value is -4.32. The Balaban J connectivity index is 1.46. The van der Waals surface area contributed by atoms with E-state index in [2.05, 4.69) is 15.6 Å². The van der Waals surface area contributed by atoms with Gasteiger partial charge in [0.1, 0.15) is 5.75 Å². The van der Waals surface area contributed by atoms with Crippen LogP contribution in [0.1, 0.15) is 22.4 Å². The van der Waals surface area contributed by atoms with Crippen LogP contribution in [0.2, 0.25) is 0 Å². The van der Waals surface area contributed by atoms with Crippen molar-refractivity contribution in [2.24, 2.45) is 7.05 Å². The molecule has 0 radical (unpaired) electrons. The molecular formula is C24H24N6O3. The van der Waals surface area contributed by atoms with Gasteiger partial charge < -0.3 is 20.3 Å². The Morgan fingerprint density at radius 1 is 1.24 bits per heavy atom. The first kappa shape index (κ1) is 21.9. The number of nitriles is 1. The summed E-state index contributed by atoms with van der Waals surface area (Å²) in [4.78, 5) is 32.0. The van der Waals surface area contributed by atoms with Gasteiger partial charge >= 0.3 is 6.03 Å².